The molecule has 3 nitrogen and oxygen atoms in total. The van der Waals surface area contributed by atoms with Gasteiger partial charge >= 0.3 is 0 Å². The topological polar surface area (TPSA) is 23.6 Å². The van der Waals surface area contributed by atoms with Crippen LogP contribution in [0.1, 0.15) is 33.6 Å². The number of carbonyl (C=O) groups excluding carboxylic acids is 1. The minimum atomic E-state index is -0.0462. The fourth-order valence-electron chi connectivity index (χ4n) is 3.48. The number of hydrogen-bond donors (Lipinski definition) is 0. The molecule has 2 aliphatic heterocycles. The van der Waals surface area contributed by atoms with Gasteiger partial charge in [-0.3, -0.25) is 9.69 Å². The molecule has 0 saturated carbocycles. The third-order valence-electron chi connectivity index (χ3n) is 4.02. The van der Waals surface area contributed by atoms with E-state index in [1.807, 2.05) is 4.90 Å². The van der Waals surface area contributed by atoms with E-state index in [0.29, 0.717) is 5.92 Å². The van der Waals surface area contributed by atoms with E-state index in [1.165, 1.54) is 0 Å². The Balaban J connectivity index is 2.13. The smallest absolute Gasteiger partial charge is 0.220 e. The monoisotopic (exact) mass is 234 g/mol. The second-order valence-corrected chi connectivity index (χ2v) is 5.77. The van der Waals surface area contributed by atoms with Gasteiger partial charge in [-0.2, -0.15) is 0 Å². The lowest BCUT2D eigenvalue weighted by atomic mass is 9.77. The van der Waals surface area contributed by atoms with E-state index in [0.717, 1.165) is 32.5 Å². The lowest BCUT2D eigenvalue weighted by Gasteiger charge is -2.57. The zero-order chi connectivity index (χ0) is 12.6. The Hall–Kier alpha value is -1.01. The summed E-state index contributed by atoms with van der Waals surface area (Å²) in [4.78, 5) is 16.0. The summed E-state index contributed by atoms with van der Waals surface area (Å²) in [5.74, 6) is 3.70. The molecule has 0 aromatic carbocycles. The molecule has 94 valence electrons. The van der Waals surface area contributed by atoms with Crippen molar-refractivity contribution in [1.82, 2.24) is 9.80 Å². The molecule has 2 unspecified atom stereocenters. The van der Waals surface area contributed by atoms with Crippen LogP contribution in [0.5, 0.6) is 0 Å². The van der Waals surface area contributed by atoms with Crippen molar-refractivity contribution in [3.8, 4) is 12.3 Å². The van der Waals surface area contributed by atoms with Gasteiger partial charge in [0.15, 0.2) is 0 Å². The fraction of sp³-hybridized carbons (Fsp3) is 0.786. The maximum atomic E-state index is 11.7. The maximum absolute atomic E-state index is 11.7. The van der Waals surface area contributed by atoms with Crippen LogP contribution in [0.2, 0.25) is 0 Å². The molecule has 1 spiro atoms. The molecule has 0 N–H and O–H groups in total. The number of terminal acetylenes is 1. The molecular weight excluding hydrogens is 212 g/mol. The highest BCUT2D eigenvalue weighted by Gasteiger charge is 2.58. The van der Waals surface area contributed by atoms with Gasteiger partial charge in [0.25, 0.3) is 0 Å². The number of hydrogen-bond acceptors (Lipinski definition) is 2. The Morgan fingerprint density at radius 1 is 1.59 bits per heavy atom. The average Bonchev–Trinajstić information content (AvgIpc) is 2.62. The van der Waals surface area contributed by atoms with Crippen molar-refractivity contribution in [2.45, 2.75) is 45.2 Å². The number of carbonyl (C=O) groups is 1. The lowest BCUT2D eigenvalue weighted by Crippen LogP contribution is -2.74. The molecule has 2 saturated heterocycles. The summed E-state index contributed by atoms with van der Waals surface area (Å²) < 4.78 is 0. The molecule has 2 atom stereocenters. The van der Waals surface area contributed by atoms with Crippen LogP contribution in [0, 0.1) is 18.3 Å². The molecule has 0 aliphatic carbocycles. The van der Waals surface area contributed by atoms with E-state index in [9.17, 15) is 4.79 Å². The summed E-state index contributed by atoms with van der Waals surface area (Å²) in [5, 5.41) is 0. The van der Waals surface area contributed by atoms with Crippen molar-refractivity contribution in [3.63, 3.8) is 0 Å². The van der Waals surface area contributed by atoms with Crippen LogP contribution in [0.25, 0.3) is 0 Å². The van der Waals surface area contributed by atoms with Gasteiger partial charge in [-0.05, 0) is 18.8 Å². The van der Waals surface area contributed by atoms with Crippen molar-refractivity contribution >= 4 is 5.91 Å². The van der Waals surface area contributed by atoms with E-state index >= 15 is 0 Å². The first-order chi connectivity index (χ1) is 8.01. The van der Waals surface area contributed by atoms with E-state index in [2.05, 4.69) is 24.7 Å². The summed E-state index contributed by atoms with van der Waals surface area (Å²) in [5.41, 5.74) is -0.0462. The summed E-state index contributed by atoms with van der Waals surface area (Å²) >= 11 is 0. The highest BCUT2D eigenvalue weighted by atomic mass is 16.2. The molecule has 3 heteroatoms. The van der Waals surface area contributed by atoms with Gasteiger partial charge in [0, 0.05) is 26.6 Å². The normalized spacial score (nSPS) is 32.9. The van der Waals surface area contributed by atoms with E-state index < -0.39 is 0 Å². The zero-order valence-electron chi connectivity index (χ0n) is 11.1. The van der Waals surface area contributed by atoms with E-state index in [-0.39, 0.29) is 17.5 Å². The van der Waals surface area contributed by atoms with Gasteiger partial charge in [-0.15, -0.1) is 6.42 Å². The molecule has 1 amide bonds. The highest BCUT2D eigenvalue weighted by Crippen LogP contribution is 2.43. The van der Waals surface area contributed by atoms with Crippen LogP contribution in [0.3, 0.4) is 0 Å². The average molecular weight is 234 g/mol. The number of rotatable bonds is 2. The minimum Gasteiger partial charge on any atom is -0.333 e. The number of nitrogens with zero attached hydrogens (tertiary/aromatic N) is 2. The van der Waals surface area contributed by atoms with Crippen molar-refractivity contribution in [2.75, 3.05) is 19.6 Å². The van der Waals surface area contributed by atoms with Crippen LogP contribution in [-0.2, 0) is 4.79 Å². The molecule has 2 aliphatic rings. The Labute approximate surface area is 104 Å². The SMILES string of the molecule is C#CC1N(CC(C)C)CC12CCCN2C(C)=O. The molecule has 2 rings (SSSR count). The molecule has 2 fully saturated rings. The van der Waals surface area contributed by atoms with Crippen molar-refractivity contribution in [2.24, 2.45) is 5.92 Å². The van der Waals surface area contributed by atoms with E-state index in [4.69, 9.17) is 6.42 Å². The van der Waals surface area contributed by atoms with Crippen LogP contribution >= 0.6 is 0 Å². The summed E-state index contributed by atoms with van der Waals surface area (Å²) in [6.07, 6.45) is 7.84. The third-order valence-corrected chi connectivity index (χ3v) is 4.02. The second kappa shape index (κ2) is 4.34. The minimum absolute atomic E-state index is 0.0462. The van der Waals surface area contributed by atoms with Crippen LogP contribution in [0.4, 0.5) is 0 Å². The first-order valence-corrected chi connectivity index (χ1v) is 6.49. The lowest BCUT2D eigenvalue weighted by molar-refractivity contribution is -0.144. The zero-order valence-corrected chi connectivity index (χ0v) is 11.1. The second-order valence-electron chi connectivity index (χ2n) is 5.77. The molecular formula is C14H22N2O. The van der Waals surface area contributed by atoms with Crippen molar-refractivity contribution in [3.05, 3.63) is 0 Å². The Morgan fingerprint density at radius 3 is 2.82 bits per heavy atom. The first kappa shape index (κ1) is 12.4. The molecule has 17 heavy (non-hydrogen) atoms. The van der Waals surface area contributed by atoms with Gasteiger partial charge in [0.2, 0.25) is 5.91 Å². The molecule has 0 radical (unpaired) electrons. The molecule has 0 aromatic heterocycles. The summed E-state index contributed by atoms with van der Waals surface area (Å²) in [6.45, 7) is 8.93. The van der Waals surface area contributed by atoms with Crippen LogP contribution < -0.4 is 0 Å². The molecule has 2 heterocycles. The van der Waals surface area contributed by atoms with Crippen molar-refractivity contribution in [1.29, 1.82) is 0 Å². The van der Waals surface area contributed by atoms with Gasteiger partial charge in [-0.25, -0.2) is 0 Å². The Morgan fingerprint density at radius 2 is 2.29 bits per heavy atom. The van der Waals surface area contributed by atoms with Gasteiger partial charge in [-0.1, -0.05) is 19.8 Å². The van der Waals surface area contributed by atoms with Gasteiger partial charge < -0.3 is 4.90 Å². The highest BCUT2D eigenvalue weighted by molar-refractivity contribution is 5.75. The Bertz CT molecular complexity index is 358. The number of amides is 1. The maximum Gasteiger partial charge on any atom is 0.220 e. The van der Waals surface area contributed by atoms with Crippen LogP contribution in [0.15, 0.2) is 0 Å². The predicted molar refractivity (Wildman–Crippen MR) is 68.4 cm³/mol. The van der Waals surface area contributed by atoms with Crippen LogP contribution in [-0.4, -0.2) is 46.9 Å². The van der Waals surface area contributed by atoms with Gasteiger partial charge in [0.05, 0.1) is 11.6 Å². The van der Waals surface area contributed by atoms with E-state index in [1.54, 1.807) is 6.92 Å². The molecule has 0 bridgehead atoms. The summed E-state index contributed by atoms with van der Waals surface area (Å²) in [7, 11) is 0. The van der Waals surface area contributed by atoms with Crippen molar-refractivity contribution < 1.29 is 4.79 Å². The largest absolute Gasteiger partial charge is 0.333 e. The standard InChI is InChI=1S/C14H22N2O/c1-5-13-14(10-15(13)9-11(2)3)7-6-8-16(14)12(4)17/h1,11,13H,6-10H2,2-4H3. The molecule has 0 aromatic rings. The first-order valence-electron chi connectivity index (χ1n) is 6.49. The Kier molecular flexibility index (Phi) is 3.18. The quantitative estimate of drug-likeness (QED) is 0.673. The summed E-state index contributed by atoms with van der Waals surface area (Å²) in [6, 6.07) is 0.122. The number of likely N-dealkylation sites (tertiary alicyclic amines) is 2. The fourth-order valence-corrected chi connectivity index (χ4v) is 3.48. The predicted octanol–water partition coefficient (Wildman–Crippen LogP) is 1.34. The van der Waals surface area contributed by atoms with Gasteiger partial charge in [0.1, 0.15) is 0 Å². The third kappa shape index (κ3) is 1.85.